The third-order valence-corrected chi connectivity index (χ3v) is 4.90. The van der Waals surface area contributed by atoms with Crippen LogP contribution in [0.1, 0.15) is 39.2 Å². The van der Waals surface area contributed by atoms with Gasteiger partial charge in [-0.2, -0.15) is 0 Å². The summed E-state index contributed by atoms with van der Waals surface area (Å²) in [4.78, 5) is 17.9. The molecule has 0 saturated carbocycles. The molecule has 0 radical (unpaired) electrons. The normalized spacial score (nSPS) is 14.5. The van der Waals surface area contributed by atoms with Crippen molar-refractivity contribution in [3.05, 3.63) is 23.8 Å². The Kier molecular flexibility index (Phi) is 13.1. The minimum Gasteiger partial charge on any atom is -0.490 e. The largest absolute Gasteiger partial charge is 0.490 e. The Morgan fingerprint density at radius 1 is 1.10 bits per heavy atom. The molecule has 1 aromatic rings. The number of aliphatic imine (C=N–C) groups is 1. The van der Waals surface area contributed by atoms with Gasteiger partial charge in [0.1, 0.15) is 0 Å². The molecule has 1 aliphatic rings. The molecule has 8 nitrogen and oxygen atoms in total. The van der Waals surface area contributed by atoms with Gasteiger partial charge in [-0.1, -0.05) is 6.07 Å². The highest BCUT2D eigenvalue weighted by atomic mass is 127. The fourth-order valence-electron chi connectivity index (χ4n) is 3.39. The van der Waals surface area contributed by atoms with Crippen LogP contribution in [0.4, 0.5) is 4.79 Å². The average Bonchev–Trinajstić information content (AvgIpc) is 2.75. The number of piperidine rings is 1. The molecule has 176 valence electrons. The van der Waals surface area contributed by atoms with Gasteiger partial charge in [-0.15, -0.1) is 24.0 Å². The monoisotopic (exact) mass is 548 g/mol. The number of rotatable bonds is 9. The van der Waals surface area contributed by atoms with Gasteiger partial charge in [0.25, 0.3) is 0 Å². The predicted molar refractivity (Wildman–Crippen MR) is 134 cm³/mol. The molecular formula is C22H37IN4O4. The van der Waals surface area contributed by atoms with Gasteiger partial charge in [-0.3, -0.25) is 4.99 Å². The summed E-state index contributed by atoms with van der Waals surface area (Å²) in [6.07, 6.45) is 2.36. The highest BCUT2D eigenvalue weighted by Gasteiger charge is 2.24. The summed E-state index contributed by atoms with van der Waals surface area (Å²) in [6, 6.07) is 6.36. The van der Waals surface area contributed by atoms with Crippen molar-refractivity contribution in [2.45, 2.75) is 46.1 Å². The second kappa shape index (κ2) is 15.0. The fraction of sp³-hybridized carbons (Fsp3) is 0.636. The molecule has 1 fully saturated rings. The number of amides is 1. The van der Waals surface area contributed by atoms with Gasteiger partial charge >= 0.3 is 6.09 Å². The molecule has 1 aliphatic heterocycles. The van der Waals surface area contributed by atoms with Gasteiger partial charge < -0.3 is 29.7 Å². The molecular weight excluding hydrogens is 511 g/mol. The quantitative estimate of drug-likeness (QED) is 0.280. The van der Waals surface area contributed by atoms with Crippen LogP contribution in [0.2, 0.25) is 0 Å². The molecule has 1 aromatic carbocycles. The number of hydrogen-bond acceptors (Lipinski definition) is 5. The summed E-state index contributed by atoms with van der Waals surface area (Å²) in [7, 11) is 1.77. The molecule has 0 spiro atoms. The SMILES string of the molecule is CCOC(=O)N1CCC(NC(=NC)NCCc2ccc(OCC)c(OCC)c2)CC1.I. The Morgan fingerprint density at radius 3 is 2.39 bits per heavy atom. The summed E-state index contributed by atoms with van der Waals surface area (Å²) < 4.78 is 16.4. The first-order valence-electron chi connectivity index (χ1n) is 10.9. The maximum atomic E-state index is 11.8. The second-order valence-electron chi connectivity index (χ2n) is 7.00. The van der Waals surface area contributed by atoms with Gasteiger partial charge in [-0.25, -0.2) is 4.79 Å². The number of carbonyl (C=O) groups is 1. The molecule has 0 aliphatic carbocycles. The molecule has 1 heterocycles. The van der Waals surface area contributed by atoms with E-state index in [-0.39, 0.29) is 36.1 Å². The van der Waals surface area contributed by atoms with E-state index in [0.29, 0.717) is 32.9 Å². The molecule has 0 atom stereocenters. The van der Waals surface area contributed by atoms with E-state index in [9.17, 15) is 4.79 Å². The van der Waals surface area contributed by atoms with Crippen LogP contribution < -0.4 is 20.1 Å². The van der Waals surface area contributed by atoms with Gasteiger partial charge in [0.15, 0.2) is 17.5 Å². The number of halogens is 1. The first-order chi connectivity index (χ1) is 14.6. The van der Waals surface area contributed by atoms with E-state index < -0.39 is 0 Å². The third-order valence-electron chi connectivity index (χ3n) is 4.90. The van der Waals surface area contributed by atoms with Gasteiger partial charge in [0.05, 0.1) is 19.8 Å². The smallest absolute Gasteiger partial charge is 0.409 e. The summed E-state index contributed by atoms with van der Waals surface area (Å²) in [5, 5.41) is 6.83. The van der Waals surface area contributed by atoms with Crippen LogP contribution in [0, 0.1) is 0 Å². The van der Waals surface area contributed by atoms with Crippen LogP contribution in [-0.4, -0.2) is 69.5 Å². The Bertz CT molecular complexity index is 694. The number of nitrogens with zero attached hydrogens (tertiary/aromatic N) is 2. The molecule has 0 unspecified atom stereocenters. The van der Waals surface area contributed by atoms with E-state index in [2.05, 4.69) is 21.7 Å². The van der Waals surface area contributed by atoms with Crippen LogP contribution in [0.5, 0.6) is 11.5 Å². The highest BCUT2D eigenvalue weighted by Crippen LogP contribution is 2.28. The number of carbonyl (C=O) groups excluding carboxylic acids is 1. The molecule has 0 aromatic heterocycles. The molecule has 9 heteroatoms. The van der Waals surface area contributed by atoms with Crippen molar-refractivity contribution in [1.29, 1.82) is 0 Å². The summed E-state index contributed by atoms with van der Waals surface area (Å²) in [6.45, 7) is 9.53. The summed E-state index contributed by atoms with van der Waals surface area (Å²) >= 11 is 0. The number of guanidine groups is 1. The maximum Gasteiger partial charge on any atom is 0.409 e. The van der Waals surface area contributed by atoms with Gasteiger partial charge in [0, 0.05) is 32.7 Å². The lowest BCUT2D eigenvalue weighted by atomic mass is 10.1. The van der Waals surface area contributed by atoms with Crippen LogP contribution in [0.15, 0.2) is 23.2 Å². The van der Waals surface area contributed by atoms with Crippen molar-refractivity contribution >= 4 is 36.0 Å². The van der Waals surface area contributed by atoms with Crippen molar-refractivity contribution in [2.75, 3.05) is 46.5 Å². The Labute approximate surface area is 203 Å². The zero-order chi connectivity index (χ0) is 21.8. The topological polar surface area (TPSA) is 84.4 Å². The lowest BCUT2D eigenvalue weighted by molar-refractivity contribution is 0.0963. The zero-order valence-corrected chi connectivity index (χ0v) is 21.4. The number of hydrogen-bond donors (Lipinski definition) is 2. The number of nitrogens with one attached hydrogen (secondary N) is 2. The van der Waals surface area contributed by atoms with Crippen LogP contribution in [0.3, 0.4) is 0 Å². The average molecular weight is 548 g/mol. The van der Waals surface area contributed by atoms with E-state index in [0.717, 1.165) is 43.3 Å². The standard InChI is InChI=1S/C22H36N4O4.HI/c1-5-28-19-9-8-17(16-20(19)29-6-2)10-13-24-21(23-4)25-18-11-14-26(15-12-18)22(27)30-7-3;/h8-9,16,18H,5-7,10-15H2,1-4H3,(H2,23,24,25);1H. The van der Waals surface area contributed by atoms with Gasteiger partial charge in [-0.05, 0) is 57.7 Å². The van der Waals surface area contributed by atoms with E-state index in [1.54, 1.807) is 11.9 Å². The Balaban J connectivity index is 0.00000480. The zero-order valence-electron chi connectivity index (χ0n) is 19.1. The van der Waals surface area contributed by atoms with Crippen molar-refractivity contribution in [2.24, 2.45) is 4.99 Å². The molecule has 2 N–H and O–H groups in total. The first kappa shape index (κ1) is 27.1. The molecule has 1 amide bonds. The van der Waals surface area contributed by atoms with Crippen LogP contribution >= 0.6 is 24.0 Å². The maximum absolute atomic E-state index is 11.8. The van der Waals surface area contributed by atoms with Crippen molar-refractivity contribution in [3.63, 3.8) is 0 Å². The fourth-order valence-corrected chi connectivity index (χ4v) is 3.39. The van der Waals surface area contributed by atoms with Gasteiger partial charge in [0.2, 0.25) is 0 Å². The third kappa shape index (κ3) is 9.00. The first-order valence-corrected chi connectivity index (χ1v) is 10.9. The van der Waals surface area contributed by atoms with Crippen LogP contribution in [0.25, 0.3) is 0 Å². The number of ether oxygens (including phenoxy) is 3. The van der Waals surface area contributed by atoms with Crippen LogP contribution in [-0.2, 0) is 11.2 Å². The molecule has 1 saturated heterocycles. The lowest BCUT2D eigenvalue weighted by Gasteiger charge is -2.32. The van der Waals surface area contributed by atoms with E-state index >= 15 is 0 Å². The second-order valence-corrected chi connectivity index (χ2v) is 7.00. The Hall–Kier alpha value is -1.91. The minimum atomic E-state index is -0.222. The van der Waals surface area contributed by atoms with E-state index in [1.165, 1.54) is 5.56 Å². The number of benzene rings is 1. The van der Waals surface area contributed by atoms with Crippen molar-refractivity contribution in [1.82, 2.24) is 15.5 Å². The molecule has 0 bridgehead atoms. The minimum absolute atomic E-state index is 0. The summed E-state index contributed by atoms with van der Waals surface area (Å²) in [5.41, 5.74) is 1.17. The highest BCUT2D eigenvalue weighted by molar-refractivity contribution is 14.0. The number of likely N-dealkylation sites (tertiary alicyclic amines) is 1. The predicted octanol–water partition coefficient (Wildman–Crippen LogP) is 3.43. The Morgan fingerprint density at radius 2 is 1.77 bits per heavy atom. The van der Waals surface area contributed by atoms with Crippen molar-refractivity contribution in [3.8, 4) is 11.5 Å². The molecule has 31 heavy (non-hydrogen) atoms. The molecule has 2 rings (SSSR count). The lowest BCUT2D eigenvalue weighted by Crippen LogP contribution is -2.50. The van der Waals surface area contributed by atoms with E-state index in [1.807, 2.05) is 32.9 Å². The van der Waals surface area contributed by atoms with Crippen molar-refractivity contribution < 1.29 is 19.0 Å². The summed E-state index contributed by atoms with van der Waals surface area (Å²) in [5.74, 6) is 2.34. The van der Waals surface area contributed by atoms with E-state index in [4.69, 9.17) is 14.2 Å².